The third-order valence-corrected chi connectivity index (χ3v) is 3.10. The first-order valence-electron chi connectivity index (χ1n) is 7.41. The molecule has 23 heavy (non-hydrogen) atoms. The second-order valence-corrected chi connectivity index (χ2v) is 4.92. The summed E-state index contributed by atoms with van der Waals surface area (Å²) >= 11 is 0. The molecule has 0 saturated heterocycles. The van der Waals surface area contributed by atoms with Gasteiger partial charge in [0.1, 0.15) is 11.5 Å². The van der Waals surface area contributed by atoms with Crippen LogP contribution in [0.1, 0.15) is 25.7 Å². The van der Waals surface area contributed by atoms with E-state index in [1.807, 2.05) is 24.3 Å². The van der Waals surface area contributed by atoms with Crippen LogP contribution in [0.15, 0.2) is 24.3 Å². The van der Waals surface area contributed by atoms with E-state index in [1.54, 1.807) is 7.11 Å². The first-order chi connectivity index (χ1) is 11.0. The van der Waals surface area contributed by atoms with Gasteiger partial charge in [0, 0.05) is 6.04 Å². The molecule has 1 aromatic carbocycles. The molecule has 0 aliphatic carbocycles. The Morgan fingerprint density at radius 3 is 2.22 bits per heavy atom. The van der Waals surface area contributed by atoms with E-state index in [4.69, 9.17) is 34.8 Å². The van der Waals surface area contributed by atoms with Crippen molar-refractivity contribution in [3.63, 3.8) is 0 Å². The molecular formula is C15H24BNO6. The highest BCUT2D eigenvalue weighted by atomic mass is 16.5. The van der Waals surface area contributed by atoms with E-state index in [-0.39, 0.29) is 12.2 Å². The Balaban J connectivity index is 0.00000149. The van der Waals surface area contributed by atoms with Crippen LogP contribution < -0.4 is 15.2 Å². The van der Waals surface area contributed by atoms with Gasteiger partial charge < -0.3 is 25.3 Å². The van der Waals surface area contributed by atoms with Gasteiger partial charge >= 0.3 is 13.3 Å². The number of rotatable bonds is 10. The Hall–Kier alpha value is -1.86. The predicted molar refractivity (Wildman–Crippen MR) is 84.9 cm³/mol. The zero-order valence-electron chi connectivity index (χ0n) is 13.3. The molecule has 1 rings (SSSR count). The van der Waals surface area contributed by atoms with Gasteiger partial charge in [0.2, 0.25) is 0 Å². The third kappa shape index (κ3) is 12.4. The van der Waals surface area contributed by atoms with Gasteiger partial charge in [-0.3, -0.25) is 0 Å². The molecule has 4 N–H and O–H groups in total. The second kappa shape index (κ2) is 13.8. The molecule has 0 fully saturated rings. The number of unbranched alkanes of at least 4 members (excludes halogenated alkanes) is 1. The minimum Gasteiger partial charge on any atom is -0.497 e. The fraction of sp³-hybridized carbons (Fsp3) is 0.533. The van der Waals surface area contributed by atoms with Gasteiger partial charge in [-0.2, -0.15) is 9.59 Å². The smallest absolute Gasteiger partial charge is 0.451 e. The lowest BCUT2D eigenvalue weighted by atomic mass is 9.83. The van der Waals surface area contributed by atoms with Crippen LogP contribution in [0.4, 0.5) is 0 Å². The molecule has 8 heteroatoms. The Morgan fingerprint density at radius 2 is 1.70 bits per heavy atom. The molecule has 0 aliphatic heterocycles. The molecule has 128 valence electrons. The van der Waals surface area contributed by atoms with E-state index in [2.05, 4.69) is 0 Å². The number of hydrogen-bond acceptors (Lipinski definition) is 7. The van der Waals surface area contributed by atoms with Crippen molar-refractivity contribution in [1.82, 2.24) is 0 Å². The van der Waals surface area contributed by atoms with Crippen molar-refractivity contribution in [2.45, 2.75) is 38.0 Å². The number of methoxy groups -OCH3 is 1. The highest BCUT2D eigenvalue weighted by Gasteiger charge is 2.07. The van der Waals surface area contributed by atoms with Crippen LogP contribution in [0.2, 0.25) is 6.32 Å². The van der Waals surface area contributed by atoms with Gasteiger partial charge in [-0.1, -0.05) is 12.8 Å². The molecule has 0 radical (unpaired) electrons. The summed E-state index contributed by atoms with van der Waals surface area (Å²) in [4.78, 5) is 16.2. The maximum atomic E-state index is 8.72. The zero-order valence-corrected chi connectivity index (χ0v) is 13.3. The summed E-state index contributed by atoms with van der Waals surface area (Å²) in [6, 6.07) is 7.54. The average Bonchev–Trinajstić information content (AvgIpc) is 2.53. The summed E-state index contributed by atoms with van der Waals surface area (Å²) in [7, 11) is 0.426. The van der Waals surface area contributed by atoms with E-state index in [9.17, 15) is 0 Å². The first-order valence-corrected chi connectivity index (χ1v) is 7.41. The monoisotopic (exact) mass is 325 g/mol. The molecule has 0 saturated carbocycles. The lowest BCUT2D eigenvalue weighted by molar-refractivity contribution is -0.191. The summed E-state index contributed by atoms with van der Waals surface area (Å²) < 4.78 is 10.7. The summed E-state index contributed by atoms with van der Waals surface area (Å²) in [6.45, 7) is 0.579. The van der Waals surface area contributed by atoms with E-state index in [0.717, 1.165) is 37.2 Å². The van der Waals surface area contributed by atoms with Gasteiger partial charge in [0.25, 0.3) is 0 Å². The van der Waals surface area contributed by atoms with Crippen LogP contribution in [-0.4, -0.2) is 43.1 Å². The molecule has 0 amide bonds. The Bertz CT molecular complexity index is 434. The molecular weight excluding hydrogens is 301 g/mol. The summed E-state index contributed by atoms with van der Waals surface area (Å²) in [5.41, 5.74) is 5.98. The predicted octanol–water partition coefficient (Wildman–Crippen LogP) is 0.851. The largest absolute Gasteiger partial charge is 0.497 e. The van der Waals surface area contributed by atoms with Crippen LogP contribution in [0, 0.1) is 0 Å². The first kappa shape index (κ1) is 21.1. The van der Waals surface area contributed by atoms with Crippen molar-refractivity contribution in [1.29, 1.82) is 0 Å². The van der Waals surface area contributed by atoms with E-state index in [1.165, 1.54) is 0 Å². The van der Waals surface area contributed by atoms with Crippen molar-refractivity contribution in [2.24, 2.45) is 5.73 Å². The standard InChI is InChI=1S/C14H24BNO4.CO2/c1-19-13-5-7-14(8-6-13)20-11-9-12(16)4-2-3-10-15(17)18;2-1-3/h5-8,12,17-18H,2-4,9-11,16H2,1H3;. The highest BCUT2D eigenvalue weighted by Crippen LogP contribution is 2.17. The molecule has 0 bridgehead atoms. The highest BCUT2D eigenvalue weighted by molar-refractivity contribution is 6.40. The van der Waals surface area contributed by atoms with Gasteiger partial charge in [0.15, 0.2) is 0 Å². The second-order valence-electron chi connectivity index (χ2n) is 4.92. The Morgan fingerprint density at radius 1 is 1.13 bits per heavy atom. The lowest BCUT2D eigenvalue weighted by Gasteiger charge is -2.12. The average molecular weight is 325 g/mol. The maximum Gasteiger partial charge on any atom is 0.451 e. The Kier molecular flexibility index (Phi) is 12.7. The van der Waals surface area contributed by atoms with E-state index >= 15 is 0 Å². The van der Waals surface area contributed by atoms with Crippen molar-refractivity contribution >= 4 is 13.3 Å². The van der Waals surface area contributed by atoms with Crippen LogP contribution in [0.3, 0.4) is 0 Å². The fourth-order valence-electron chi connectivity index (χ4n) is 1.88. The summed E-state index contributed by atoms with van der Waals surface area (Å²) in [5.74, 6) is 1.61. The van der Waals surface area contributed by atoms with Gasteiger partial charge in [0.05, 0.1) is 13.7 Å². The van der Waals surface area contributed by atoms with Crippen LogP contribution in [0.25, 0.3) is 0 Å². The Labute approximate surface area is 136 Å². The quantitative estimate of drug-likeness (QED) is 0.431. The summed E-state index contributed by atoms with van der Waals surface area (Å²) in [5, 5.41) is 17.4. The normalized spacial score (nSPS) is 10.8. The van der Waals surface area contributed by atoms with E-state index in [0.29, 0.717) is 12.9 Å². The molecule has 7 nitrogen and oxygen atoms in total. The maximum absolute atomic E-state index is 8.72. The van der Waals surface area contributed by atoms with Crippen molar-refractivity contribution in [3.8, 4) is 11.5 Å². The third-order valence-electron chi connectivity index (χ3n) is 3.10. The number of carbonyl (C=O) groups excluding carboxylic acids is 2. The van der Waals surface area contributed by atoms with Gasteiger partial charge in [-0.15, -0.1) is 0 Å². The van der Waals surface area contributed by atoms with Crippen LogP contribution >= 0.6 is 0 Å². The molecule has 0 spiro atoms. The molecule has 1 unspecified atom stereocenters. The molecule has 0 heterocycles. The van der Waals surface area contributed by atoms with Crippen molar-refractivity contribution in [2.75, 3.05) is 13.7 Å². The molecule has 0 aromatic heterocycles. The van der Waals surface area contributed by atoms with Crippen molar-refractivity contribution < 1.29 is 29.1 Å². The number of hydrogen-bond donors (Lipinski definition) is 3. The number of nitrogens with two attached hydrogens (primary N) is 1. The molecule has 0 aliphatic rings. The number of ether oxygens (including phenoxy) is 2. The molecule has 1 aromatic rings. The lowest BCUT2D eigenvalue weighted by Crippen LogP contribution is -2.22. The molecule has 1 atom stereocenters. The fourth-order valence-corrected chi connectivity index (χ4v) is 1.88. The number of benzene rings is 1. The van der Waals surface area contributed by atoms with E-state index < -0.39 is 7.12 Å². The van der Waals surface area contributed by atoms with Gasteiger partial charge in [-0.05, 0) is 43.4 Å². The minimum atomic E-state index is -1.20. The summed E-state index contributed by atoms with van der Waals surface area (Å²) in [6.07, 6.45) is 4.01. The minimum absolute atomic E-state index is 0.0871. The van der Waals surface area contributed by atoms with Gasteiger partial charge in [-0.25, -0.2) is 0 Å². The van der Waals surface area contributed by atoms with Crippen molar-refractivity contribution in [3.05, 3.63) is 24.3 Å². The zero-order chi connectivity index (χ0) is 17.5. The van der Waals surface area contributed by atoms with Crippen LogP contribution in [-0.2, 0) is 9.59 Å². The topological polar surface area (TPSA) is 119 Å². The SMILES string of the molecule is COc1ccc(OCCC(N)CCCCB(O)O)cc1.O=C=O. The van der Waals surface area contributed by atoms with Crippen LogP contribution in [0.5, 0.6) is 11.5 Å².